The zero-order chi connectivity index (χ0) is 14.4. The molecule has 2 aromatic rings. The Hall–Kier alpha value is -2.34. The van der Waals surface area contributed by atoms with Gasteiger partial charge in [0, 0.05) is 25.4 Å². The number of ether oxygens (including phenoxy) is 1. The topological polar surface area (TPSA) is 82.2 Å². The predicted molar refractivity (Wildman–Crippen MR) is 76.4 cm³/mol. The fraction of sp³-hybridized carbons (Fsp3) is 0.286. The molecule has 6 heteroatoms. The van der Waals surface area contributed by atoms with Crippen molar-refractivity contribution in [1.29, 1.82) is 0 Å². The van der Waals surface area contributed by atoms with E-state index in [2.05, 4.69) is 10.4 Å². The monoisotopic (exact) mass is 274 g/mol. The van der Waals surface area contributed by atoms with Crippen LogP contribution in [0.3, 0.4) is 0 Å². The molecule has 1 aromatic carbocycles. The number of rotatable bonds is 7. The average Bonchev–Trinajstić information content (AvgIpc) is 2.91. The van der Waals surface area contributed by atoms with Crippen molar-refractivity contribution >= 4 is 11.6 Å². The standard InChI is InChI=1S/C14H18N4O2/c1-20-6-5-18-10-13(9-17-18)16-8-11-3-2-4-12(7-11)14(15)19/h2-4,7,9-10,16H,5-6,8H2,1H3,(H2,15,19). The Kier molecular flexibility index (Phi) is 4.73. The lowest BCUT2D eigenvalue weighted by Gasteiger charge is -2.05. The van der Waals surface area contributed by atoms with Crippen molar-refractivity contribution in [1.82, 2.24) is 9.78 Å². The highest BCUT2D eigenvalue weighted by atomic mass is 16.5. The maximum atomic E-state index is 11.1. The molecule has 0 aliphatic carbocycles. The molecule has 1 amide bonds. The number of primary amides is 1. The van der Waals surface area contributed by atoms with E-state index in [0.717, 1.165) is 17.8 Å². The van der Waals surface area contributed by atoms with Crippen LogP contribution < -0.4 is 11.1 Å². The number of aromatic nitrogens is 2. The van der Waals surface area contributed by atoms with Crippen molar-refractivity contribution < 1.29 is 9.53 Å². The third kappa shape index (κ3) is 3.83. The highest BCUT2D eigenvalue weighted by Crippen LogP contribution is 2.10. The van der Waals surface area contributed by atoms with E-state index in [-0.39, 0.29) is 0 Å². The molecule has 6 nitrogen and oxygen atoms in total. The first-order valence-electron chi connectivity index (χ1n) is 6.33. The Morgan fingerprint density at radius 1 is 1.50 bits per heavy atom. The molecule has 1 heterocycles. The fourth-order valence-electron chi connectivity index (χ4n) is 1.80. The van der Waals surface area contributed by atoms with Gasteiger partial charge in [-0.15, -0.1) is 0 Å². The van der Waals surface area contributed by atoms with E-state index in [1.165, 1.54) is 0 Å². The van der Waals surface area contributed by atoms with E-state index in [1.54, 1.807) is 25.4 Å². The first kappa shape index (κ1) is 14.1. The van der Waals surface area contributed by atoms with Gasteiger partial charge >= 0.3 is 0 Å². The molecule has 3 N–H and O–H groups in total. The summed E-state index contributed by atoms with van der Waals surface area (Å²) in [5.41, 5.74) is 7.68. The van der Waals surface area contributed by atoms with Gasteiger partial charge in [-0.05, 0) is 17.7 Å². The lowest BCUT2D eigenvalue weighted by Crippen LogP contribution is -2.11. The van der Waals surface area contributed by atoms with Crippen LogP contribution in [0.15, 0.2) is 36.7 Å². The SMILES string of the molecule is COCCn1cc(NCc2cccc(C(N)=O)c2)cn1. The first-order valence-corrected chi connectivity index (χ1v) is 6.33. The second-order valence-corrected chi connectivity index (χ2v) is 4.40. The third-order valence-electron chi connectivity index (χ3n) is 2.87. The minimum Gasteiger partial charge on any atom is -0.383 e. The average molecular weight is 274 g/mol. The molecule has 0 saturated carbocycles. The van der Waals surface area contributed by atoms with Crippen LogP contribution in [0.5, 0.6) is 0 Å². The summed E-state index contributed by atoms with van der Waals surface area (Å²) in [5.74, 6) is -0.417. The molecule has 0 unspecified atom stereocenters. The Morgan fingerprint density at radius 3 is 3.10 bits per heavy atom. The van der Waals surface area contributed by atoms with Crippen molar-refractivity contribution in [3.05, 3.63) is 47.8 Å². The number of hydrogen-bond acceptors (Lipinski definition) is 4. The summed E-state index contributed by atoms with van der Waals surface area (Å²) in [6.45, 7) is 1.95. The molecule has 0 atom stereocenters. The van der Waals surface area contributed by atoms with Crippen LogP contribution in [-0.4, -0.2) is 29.4 Å². The Labute approximate surface area is 117 Å². The summed E-state index contributed by atoms with van der Waals surface area (Å²) in [6.07, 6.45) is 3.67. The Morgan fingerprint density at radius 2 is 2.35 bits per heavy atom. The molecule has 0 aliphatic rings. The molecule has 1 aromatic heterocycles. The molecular weight excluding hydrogens is 256 g/mol. The van der Waals surface area contributed by atoms with Crippen LogP contribution in [-0.2, 0) is 17.8 Å². The van der Waals surface area contributed by atoms with Gasteiger partial charge in [0.05, 0.1) is 25.0 Å². The largest absolute Gasteiger partial charge is 0.383 e. The molecule has 0 fully saturated rings. The number of nitrogens with two attached hydrogens (primary N) is 1. The van der Waals surface area contributed by atoms with Gasteiger partial charge in [0.25, 0.3) is 0 Å². The van der Waals surface area contributed by atoms with Gasteiger partial charge in [-0.3, -0.25) is 9.48 Å². The summed E-state index contributed by atoms with van der Waals surface area (Å²) in [4.78, 5) is 11.1. The number of methoxy groups -OCH3 is 1. The summed E-state index contributed by atoms with van der Waals surface area (Å²) < 4.78 is 6.81. The summed E-state index contributed by atoms with van der Waals surface area (Å²) >= 11 is 0. The van der Waals surface area contributed by atoms with E-state index in [4.69, 9.17) is 10.5 Å². The van der Waals surface area contributed by atoms with Crippen LogP contribution in [0, 0.1) is 0 Å². The quantitative estimate of drug-likeness (QED) is 0.796. The minimum atomic E-state index is -0.417. The number of nitrogens with one attached hydrogen (secondary N) is 1. The smallest absolute Gasteiger partial charge is 0.248 e. The van der Waals surface area contributed by atoms with E-state index < -0.39 is 5.91 Å². The molecule has 0 bridgehead atoms. The molecule has 20 heavy (non-hydrogen) atoms. The molecule has 2 rings (SSSR count). The van der Waals surface area contributed by atoms with Crippen LogP contribution in [0.25, 0.3) is 0 Å². The fourth-order valence-corrected chi connectivity index (χ4v) is 1.80. The van der Waals surface area contributed by atoms with E-state index in [9.17, 15) is 4.79 Å². The van der Waals surface area contributed by atoms with Crippen molar-refractivity contribution in [2.75, 3.05) is 19.0 Å². The second kappa shape index (κ2) is 6.72. The summed E-state index contributed by atoms with van der Waals surface area (Å²) in [7, 11) is 1.66. The van der Waals surface area contributed by atoms with Crippen molar-refractivity contribution in [3.63, 3.8) is 0 Å². The third-order valence-corrected chi connectivity index (χ3v) is 2.87. The number of benzene rings is 1. The molecule has 0 spiro atoms. The van der Waals surface area contributed by atoms with E-state index in [1.807, 2.05) is 23.0 Å². The number of hydrogen-bond donors (Lipinski definition) is 2. The summed E-state index contributed by atoms with van der Waals surface area (Å²) in [5, 5.41) is 7.46. The molecule has 106 valence electrons. The number of nitrogens with zero attached hydrogens (tertiary/aromatic N) is 2. The van der Waals surface area contributed by atoms with Crippen molar-refractivity contribution in [2.24, 2.45) is 5.73 Å². The maximum Gasteiger partial charge on any atom is 0.248 e. The molecular formula is C14H18N4O2. The van der Waals surface area contributed by atoms with Crippen LogP contribution in [0.2, 0.25) is 0 Å². The van der Waals surface area contributed by atoms with Crippen LogP contribution >= 0.6 is 0 Å². The first-order chi connectivity index (χ1) is 9.69. The van der Waals surface area contributed by atoms with Gasteiger partial charge in [-0.25, -0.2) is 0 Å². The van der Waals surface area contributed by atoms with E-state index in [0.29, 0.717) is 18.7 Å². The molecule has 0 aliphatic heterocycles. The lowest BCUT2D eigenvalue weighted by molar-refractivity contribution is 0.1000. The zero-order valence-electron chi connectivity index (χ0n) is 11.4. The van der Waals surface area contributed by atoms with Gasteiger partial charge in [-0.1, -0.05) is 12.1 Å². The van der Waals surface area contributed by atoms with Crippen molar-refractivity contribution in [2.45, 2.75) is 13.1 Å². The number of carbonyl (C=O) groups excluding carboxylic acids is 1. The molecule has 0 radical (unpaired) electrons. The summed E-state index contributed by atoms with van der Waals surface area (Å²) in [6, 6.07) is 7.24. The van der Waals surface area contributed by atoms with Gasteiger partial charge in [0.15, 0.2) is 0 Å². The number of anilines is 1. The maximum absolute atomic E-state index is 11.1. The van der Waals surface area contributed by atoms with Gasteiger partial charge in [0.1, 0.15) is 0 Å². The number of amides is 1. The van der Waals surface area contributed by atoms with Gasteiger partial charge in [-0.2, -0.15) is 5.10 Å². The lowest BCUT2D eigenvalue weighted by atomic mass is 10.1. The van der Waals surface area contributed by atoms with Gasteiger partial charge in [0.2, 0.25) is 5.91 Å². The minimum absolute atomic E-state index is 0.417. The number of carbonyl (C=O) groups is 1. The van der Waals surface area contributed by atoms with Crippen molar-refractivity contribution in [3.8, 4) is 0 Å². The van der Waals surface area contributed by atoms with Crippen LogP contribution in [0.4, 0.5) is 5.69 Å². The second-order valence-electron chi connectivity index (χ2n) is 4.40. The normalized spacial score (nSPS) is 10.4. The van der Waals surface area contributed by atoms with E-state index >= 15 is 0 Å². The van der Waals surface area contributed by atoms with Gasteiger partial charge < -0.3 is 15.8 Å². The highest BCUT2D eigenvalue weighted by Gasteiger charge is 2.02. The highest BCUT2D eigenvalue weighted by molar-refractivity contribution is 5.92. The Balaban J connectivity index is 1.93. The predicted octanol–water partition coefficient (Wildman–Crippen LogP) is 1.24. The Bertz CT molecular complexity index is 580. The van der Waals surface area contributed by atoms with Crippen LogP contribution in [0.1, 0.15) is 15.9 Å². The zero-order valence-corrected chi connectivity index (χ0v) is 11.4. The molecule has 0 saturated heterocycles.